The van der Waals surface area contributed by atoms with Crippen LogP contribution in [0.1, 0.15) is 205 Å². The molecule has 0 saturated carbocycles. The molecule has 4 aromatic rings. The third-order valence-corrected chi connectivity index (χ3v) is 18.0. The monoisotopic (exact) mass is 1480 g/mol. The van der Waals surface area contributed by atoms with Crippen LogP contribution in [0.5, 0.6) is 5.75 Å². The Bertz CT molecular complexity index is 3510. The summed E-state index contributed by atoms with van der Waals surface area (Å²) in [4.78, 5) is 105. The maximum absolute atomic E-state index is 15.3. The number of esters is 4. The number of piperidine rings is 1. The second kappa shape index (κ2) is 41.0. The lowest BCUT2D eigenvalue weighted by Crippen LogP contribution is -2.55. The average Bonchev–Trinajstić information content (AvgIpc) is 0.785. The highest BCUT2D eigenvalue weighted by Crippen LogP contribution is 2.39. The summed E-state index contributed by atoms with van der Waals surface area (Å²) in [6.07, 6.45) is 6.06. The number of likely N-dealkylation sites (tertiary alicyclic amines) is 1. The van der Waals surface area contributed by atoms with Crippen molar-refractivity contribution in [2.45, 2.75) is 235 Å². The van der Waals surface area contributed by atoms with Gasteiger partial charge in [0.2, 0.25) is 17.7 Å². The van der Waals surface area contributed by atoms with Gasteiger partial charge in [-0.15, -0.1) is 0 Å². The molecule has 6 rings (SSSR count). The van der Waals surface area contributed by atoms with Crippen LogP contribution in [-0.4, -0.2) is 193 Å². The van der Waals surface area contributed by atoms with Gasteiger partial charge >= 0.3 is 30.1 Å². The number of benzene rings is 4. The molecule has 0 bridgehead atoms. The van der Waals surface area contributed by atoms with Crippen LogP contribution in [0.4, 0.5) is 13.2 Å². The summed E-state index contributed by atoms with van der Waals surface area (Å²) >= 11 is 0. The molecule has 2 aliphatic heterocycles. The summed E-state index contributed by atoms with van der Waals surface area (Å²) in [5.74, 6) is -2.49. The number of hydrogen-bond acceptors (Lipinski definition) is 17. The predicted octanol–water partition coefficient (Wildman–Crippen LogP) is 13.2. The number of amides is 3. The molecule has 3 N–H and O–H groups in total. The number of rotatable bonds is 33. The van der Waals surface area contributed by atoms with Crippen molar-refractivity contribution < 1.29 is 70.4 Å². The van der Waals surface area contributed by atoms with Gasteiger partial charge in [0.15, 0.2) is 0 Å². The zero-order valence-corrected chi connectivity index (χ0v) is 65.9. The number of aryl methyl sites for hydroxylation is 3. The second-order valence-electron chi connectivity index (χ2n) is 32.3. The lowest BCUT2D eigenvalue weighted by atomic mass is 9.95. The molecule has 2 saturated heterocycles. The largest absolute Gasteiger partial charge is 0.493 e. The fourth-order valence-electron chi connectivity index (χ4n) is 12.9. The molecule has 2 atom stereocenters. The highest BCUT2D eigenvalue weighted by molar-refractivity contribution is 5.88. The number of hydrogen-bond donors (Lipinski definition) is 3. The molecular formula is C83H121F3N8O12. The molecule has 20 nitrogen and oxygen atoms in total. The Hall–Kier alpha value is -7.70. The summed E-state index contributed by atoms with van der Waals surface area (Å²) < 4.78 is 75.4. The lowest BCUT2D eigenvalue weighted by molar-refractivity contribution is -0.163. The first-order chi connectivity index (χ1) is 49.8. The lowest BCUT2D eigenvalue weighted by Gasteiger charge is -2.38. The van der Waals surface area contributed by atoms with Crippen LogP contribution >= 0.6 is 0 Å². The summed E-state index contributed by atoms with van der Waals surface area (Å²) in [7, 11) is 0. The van der Waals surface area contributed by atoms with Crippen LogP contribution in [0, 0.1) is 20.8 Å². The molecule has 0 aliphatic carbocycles. The smallest absolute Gasteiger partial charge is 0.417 e. The Labute approximate surface area is 628 Å². The number of ether oxygens (including phenoxy) is 5. The first kappa shape index (κ1) is 87.2. The first-order valence-corrected chi connectivity index (χ1v) is 37.9. The van der Waals surface area contributed by atoms with E-state index in [0.29, 0.717) is 76.4 Å². The van der Waals surface area contributed by atoms with Crippen LogP contribution in [0.15, 0.2) is 78.9 Å². The molecule has 0 aromatic heterocycles. The standard InChI is InChI=1S/C83H121F3N8O12/c1-59-37-38-62(49-60(59)2)29-27-36-72(95)87-41-24-21-34-69(89-73(96)53-90-44-46-91(54-74(97)103-79(4,5)6)57-93(56-76(99)105-81(10,11)12)58-92(47-45-90)55-75(98)104-80(7,8)9)77(100)88-42-23-16-17-26-48-102-71-51-65(40-39-63-32-28-33-67(61(63)3)64-30-19-18-20-31-64)68(83(84,85)86)50-66(71)52-94-43-25-22-35-70(94)78(101)106-82(13,14)15/h18-20,28,30-33,37-40,49-51,69-70H,16-17,21-27,29,34-36,41-48,52-58H2,1-15H3,(H,87,95)(H,88,100)(H,89,96)/b40-39+/t69-,70-/m0/s1. The first-order valence-electron chi connectivity index (χ1n) is 37.9. The molecule has 23 heteroatoms. The average molecular weight is 1480 g/mol. The summed E-state index contributed by atoms with van der Waals surface area (Å²) in [6, 6.07) is 22.9. The van der Waals surface area contributed by atoms with Gasteiger partial charge < -0.3 is 39.6 Å². The van der Waals surface area contributed by atoms with Crippen molar-refractivity contribution >= 4 is 53.8 Å². The van der Waals surface area contributed by atoms with Crippen LogP contribution < -0.4 is 20.7 Å². The van der Waals surface area contributed by atoms with E-state index in [0.717, 1.165) is 47.6 Å². The normalized spacial score (nSPS) is 16.2. The van der Waals surface area contributed by atoms with Crippen LogP contribution in [-0.2, 0) is 71.7 Å². The predicted molar refractivity (Wildman–Crippen MR) is 409 cm³/mol. The summed E-state index contributed by atoms with van der Waals surface area (Å²) in [5.41, 5.74) is 3.56. The van der Waals surface area contributed by atoms with E-state index >= 15 is 13.2 Å². The number of nitrogens with one attached hydrogen (secondary N) is 3. The molecule has 106 heavy (non-hydrogen) atoms. The van der Waals surface area contributed by atoms with Gasteiger partial charge in [0.25, 0.3) is 0 Å². The quantitative estimate of drug-likeness (QED) is 0.0175. The van der Waals surface area contributed by atoms with Gasteiger partial charge in [-0.05, 0) is 225 Å². The highest BCUT2D eigenvalue weighted by Gasteiger charge is 2.38. The number of carbonyl (C=O) groups is 7. The van der Waals surface area contributed by atoms with Gasteiger partial charge in [-0.3, -0.25) is 58.1 Å². The Morgan fingerprint density at radius 3 is 1.73 bits per heavy atom. The van der Waals surface area contributed by atoms with Crippen LogP contribution in [0.2, 0.25) is 0 Å². The van der Waals surface area contributed by atoms with Gasteiger partial charge in [0, 0.05) is 57.8 Å². The number of unbranched alkanes of at least 4 members (excludes halogenated alkanes) is 4. The maximum Gasteiger partial charge on any atom is 0.417 e. The third kappa shape index (κ3) is 32.4. The number of carbonyl (C=O) groups excluding carboxylic acids is 7. The molecule has 0 radical (unpaired) electrons. The molecule has 2 fully saturated rings. The molecule has 2 heterocycles. The van der Waals surface area contributed by atoms with Crippen molar-refractivity contribution in [3.63, 3.8) is 0 Å². The topological polar surface area (TPSA) is 218 Å². The van der Waals surface area contributed by atoms with Gasteiger partial charge in [-0.2, -0.15) is 13.2 Å². The molecule has 2 aliphatic rings. The SMILES string of the molecule is Cc1ccc(CCCC(=O)NCCCC[C@H](NC(=O)CN2CCN(CC(=O)OC(C)(C)C)CN(CC(=O)OC(C)(C)C)CN(CC(=O)OC(C)(C)C)CC2)C(=O)NCCCCCCOc2cc(/C=C/c3cccc(-c4ccccc4)c3C)c(C(F)(F)F)cc2CN2CCCC[C@H]2C(=O)OC(C)(C)C)cc1C. The number of alkyl halides is 3. The van der Waals surface area contributed by atoms with Crippen molar-refractivity contribution in [2.24, 2.45) is 0 Å². The van der Waals surface area contributed by atoms with E-state index in [1.165, 1.54) is 28.8 Å². The fraction of sp³-hybridized carbons (Fsp3) is 0.602. The highest BCUT2D eigenvalue weighted by atomic mass is 19.4. The Morgan fingerprint density at radius 1 is 0.547 bits per heavy atom. The summed E-state index contributed by atoms with van der Waals surface area (Å²) in [5, 5.41) is 9.07. The minimum Gasteiger partial charge on any atom is -0.493 e. The fourth-order valence-corrected chi connectivity index (χ4v) is 12.9. The zero-order chi connectivity index (χ0) is 78.0. The van der Waals surface area contributed by atoms with Crippen molar-refractivity contribution in [2.75, 3.05) is 91.9 Å². The summed E-state index contributed by atoms with van der Waals surface area (Å²) in [6.45, 7) is 29.5. The number of nitrogens with zero attached hydrogens (tertiary/aromatic N) is 5. The van der Waals surface area contributed by atoms with Gasteiger partial charge in [-0.25, -0.2) is 0 Å². The van der Waals surface area contributed by atoms with Gasteiger partial charge in [-0.1, -0.05) is 98.1 Å². The number of halogens is 3. The van der Waals surface area contributed by atoms with E-state index in [2.05, 4.69) is 48.0 Å². The van der Waals surface area contributed by atoms with E-state index in [9.17, 15) is 33.6 Å². The molecule has 586 valence electrons. The van der Waals surface area contributed by atoms with Crippen LogP contribution in [0.25, 0.3) is 23.3 Å². The van der Waals surface area contributed by atoms with E-state index in [4.69, 9.17) is 23.7 Å². The Morgan fingerprint density at radius 2 is 1.12 bits per heavy atom. The van der Waals surface area contributed by atoms with E-state index in [-0.39, 0.29) is 115 Å². The van der Waals surface area contributed by atoms with E-state index < -0.39 is 76.0 Å². The van der Waals surface area contributed by atoms with Crippen molar-refractivity contribution in [1.29, 1.82) is 0 Å². The van der Waals surface area contributed by atoms with E-state index in [1.54, 1.807) is 94.1 Å². The van der Waals surface area contributed by atoms with Gasteiger partial charge in [0.05, 0.1) is 51.7 Å². The molecular weight excluding hydrogens is 1360 g/mol. The van der Waals surface area contributed by atoms with E-state index in [1.807, 2.05) is 75.1 Å². The Kier molecular flexibility index (Phi) is 33.8. The third-order valence-electron chi connectivity index (χ3n) is 18.0. The van der Waals surface area contributed by atoms with Crippen molar-refractivity contribution in [3.05, 3.63) is 123 Å². The van der Waals surface area contributed by atoms with Gasteiger partial charge in [0.1, 0.15) is 40.2 Å². The maximum atomic E-state index is 15.3. The van der Waals surface area contributed by atoms with Crippen molar-refractivity contribution in [1.82, 2.24) is 40.4 Å². The molecule has 4 aromatic carbocycles. The van der Waals surface area contributed by atoms with Crippen molar-refractivity contribution in [3.8, 4) is 16.9 Å². The molecule has 0 unspecified atom stereocenters. The Balaban J connectivity index is 1.15. The second-order valence-corrected chi connectivity index (χ2v) is 32.3. The minimum absolute atomic E-state index is 0.0286. The minimum atomic E-state index is -4.72. The molecule has 0 spiro atoms. The zero-order valence-electron chi connectivity index (χ0n) is 65.9. The molecule has 3 amide bonds. The van der Waals surface area contributed by atoms with Crippen LogP contribution in [0.3, 0.4) is 0 Å².